The van der Waals surface area contributed by atoms with Crippen molar-refractivity contribution in [2.24, 2.45) is 5.92 Å². The molecule has 0 fully saturated rings. The number of amides is 1. The van der Waals surface area contributed by atoms with E-state index in [1.54, 1.807) is 24.3 Å². The molecular weight excluding hydrogens is 367 g/mol. The van der Waals surface area contributed by atoms with Gasteiger partial charge in [0.05, 0.1) is 4.90 Å². The molecule has 0 aliphatic carbocycles. The van der Waals surface area contributed by atoms with Crippen molar-refractivity contribution in [2.75, 3.05) is 13.1 Å². The molecule has 0 heterocycles. The van der Waals surface area contributed by atoms with E-state index in [1.165, 1.54) is 24.3 Å². The van der Waals surface area contributed by atoms with Gasteiger partial charge in [0.1, 0.15) is 5.82 Å². The smallest absolute Gasteiger partial charge is 0.251 e. The normalized spacial score (nSPS) is 11.6. The maximum atomic E-state index is 13.6. The fourth-order valence-electron chi connectivity index (χ4n) is 2.49. The quantitative estimate of drug-likeness (QED) is 0.688. The zero-order chi connectivity index (χ0) is 19.9. The summed E-state index contributed by atoms with van der Waals surface area (Å²) < 4.78 is 41.0. The summed E-state index contributed by atoms with van der Waals surface area (Å²) in [5, 5.41) is 2.78. The van der Waals surface area contributed by atoms with Crippen LogP contribution in [0.3, 0.4) is 0 Å². The summed E-state index contributed by atoms with van der Waals surface area (Å²) in [4.78, 5) is 12.2. The Bertz CT molecular complexity index is 882. The van der Waals surface area contributed by atoms with Crippen molar-refractivity contribution < 1.29 is 17.6 Å². The van der Waals surface area contributed by atoms with Crippen LogP contribution in [0, 0.1) is 11.7 Å². The summed E-state index contributed by atoms with van der Waals surface area (Å²) in [5.74, 6) is -0.202. The van der Waals surface area contributed by atoms with E-state index in [9.17, 15) is 17.6 Å². The lowest BCUT2D eigenvalue weighted by atomic mass is 10.1. The molecule has 0 aromatic heterocycles. The van der Waals surface area contributed by atoms with Gasteiger partial charge in [-0.05, 0) is 48.6 Å². The Balaban J connectivity index is 1.99. The first-order chi connectivity index (χ1) is 12.8. The predicted molar refractivity (Wildman–Crippen MR) is 104 cm³/mol. The van der Waals surface area contributed by atoms with Crippen LogP contribution in [0.5, 0.6) is 0 Å². The standard InChI is InChI=1S/C20H25FN2O3S/c1-15(2)10-12-22-20(24)17-7-5-8-18(14-17)27(25,26)23-13-11-16-6-3-4-9-19(16)21/h3-9,14-15,23H,10-13H2,1-2H3,(H,22,24). The Morgan fingerprint density at radius 1 is 1.07 bits per heavy atom. The Morgan fingerprint density at radius 2 is 1.81 bits per heavy atom. The highest BCUT2D eigenvalue weighted by Gasteiger charge is 2.16. The van der Waals surface area contributed by atoms with Gasteiger partial charge in [-0.3, -0.25) is 4.79 Å². The topological polar surface area (TPSA) is 75.3 Å². The van der Waals surface area contributed by atoms with Crippen LogP contribution < -0.4 is 10.0 Å². The van der Waals surface area contributed by atoms with Crippen molar-refractivity contribution in [3.05, 3.63) is 65.5 Å². The number of halogens is 1. The molecule has 7 heteroatoms. The van der Waals surface area contributed by atoms with Gasteiger partial charge < -0.3 is 5.32 Å². The molecule has 0 saturated carbocycles. The van der Waals surface area contributed by atoms with Gasteiger partial charge >= 0.3 is 0 Å². The van der Waals surface area contributed by atoms with Crippen molar-refractivity contribution >= 4 is 15.9 Å². The van der Waals surface area contributed by atoms with Gasteiger partial charge in [0.2, 0.25) is 10.0 Å². The van der Waals surface area contributed by atoms with Crippen LogP contribution in [0.15, 0.2) is 53.4 Å². The minimum atomic E-state index is -3.79. The van der Waals surface area contributed by atoms with Crippen LogP contribution in [-0.2, 0) is 16.4 Å². The molecule has 0 bridgehead atoms. The average Bonchev–Trinajstić information content (AvgIpc) is 2.63. The van der Waals surface area contributed by atoms with Crippen molar-refractivity contribution in [2.45, 2.75) is 31.6 Å². The van der Waals surface area contributed by atoms with Crippen molar-refractivity contribution in [1.29, 1.82) is 0 Å². The van der Waals surface area contributed by atoms with E-state index < -0.39 is 10.0 Å². The van der Waals surface area contributed by atoms with Crippen molar-refractivity contribution in [1.82, 2.24) is 10.0 Å². The van der Waals surface area contributed by atoms with Crippen molar-refractivity contribution in [3.63, 3.8) is 0 Å². The third kappa shape index (κ3) is 6.45. The Hall–Kier alpha value is -2.25. The SMILES string of the molecule is CC(C)CCNC(=O)c1cccc(S(=O)(=O)NCCc2ccccc2F)c1. The molecule has 146 valence electrons. The highest BCUT2D eigenvalue weighted by Crippen LogP contribution is 2.12. The molecule has 2 aromatic rings. The molecule has 0 spiro atoms. The fraction of sp³-hybridized carbons (Fsp3) is 0.350. The van der Waals surface area contributed by atoms with E-state index in [1.807, 2.05) is 0 Å². The highest BCUT2D eigenvalue weighted by atomic mass is 32.2. The lowest BCUT2D eigenvalue weighted by Crippen LogP contribution is -2.28. The molecule has 2 N–H and O–H groups in total. The summed E-state index contributed by atoms with van der Waals surface area (Å²) in [6.07, 6.45) is 1.09. The van der Waals surface area contributed by atoms with Crippen LogP contribution in [0.25, 0.3) is 0 Å². The van der Waals surface area contributed by atoms with Gasteiger partial charge in [-0.15, -0.1) is 0 Å². The first-order valence-electron chi connectivity index (χ1n) is 8.91. The average molecular weight is 392 g/mol. The lowest BCUT2D eigenvalue weighted by molar-refractivity contribution is 0.0952. The Labute approximate surface area is 160 Å². The molecule has 0 radical (unpaired) electrons. The molecule has 2 rings (SSSR count). The summed E-state index contributed by atoms with van der Waals surface area (Å²) in [6, 6.07) is 12.1. The minimum absolute atomic E-state index is 0.00698. The van der Waals surface area contributed by atoms with Gasteiger partial charge in [-0.2, -0.15) is 0 Å². The van der Waals surface area contributed by atoms with E-state index in [0.717, 1.165) is 6.42 Å². The molecule has 0 saturated heterocycles. The monoisotopic (exact) mass is 392 g/mol. The lowest BCUT2D eigenvalue weighted by Gasteiger charge is -2.10. The zero-order valence-electron chi connectivity index (χ0n) is 15.5. The van der Waals surface area contributed by atoms with Crippen LogP contribution in [0.2, 0.25) is 0 Å². The number of nitrogens with one attached hydrogen (secondary N) is 2. The number of sulfonamides is 1. The number of hydrogen-bond donors (Lipinski definition) is 2. The Morgan fingerprint density at radius 3 is 2.52 bits per heavy atom. The largest absolute Gasteiger partial charge is 0.352 e. The summed E-state index contributed by atoms with van der Waals surface area (Å²) in [7, 11) is -3.79. The third-order valence-electron chi connectivity index (χ3n) is 4.06. The molecule has 5 nitrogen and oxygen atoms in total. The molecule has 2 aromatic carbocycles. The van der Waals surface area contributed by atoms with Gasteiger partial charge in [0, 0.05) is 18.7 Å². The number of carbonyl (C=O) groups is 1. The number of carbonyl (C=O) groups excluding carboxylic acids is 1. The highest BCUT2D eigenvalue weighted by molar-refractivity contribution is 7.89. The number of benzene rings is 2. The van der Waals surface area contributed by atoms with Gasteiger partial charge in [-0.1, -0.05) is 38.1 Å². The van der Waals surface area contributed by atoms with Crippen LogP contribution in [-0.4, -0.2) is 27.4 Å². The van der Waals surface area contributed by atoms with Gasteiger partial charge in [0.25, 0.3) is 5.91 Å². The summed E-state index contributed by atoms with van der Waals surface area (Å²) >= 11 is 0. The maximum Gasteiger partial charge on any atom is 0.251 e. The molecule has 0 atom stereocenters. The molecule has 0 unspecified atom stereocenters. The van der Waals surface area contributed by atoms with Crippen LogP contribution in [0.4, 0.5) is 4.39 Å². The molecule has 0 aliphatic rings. The van der Waals surface area contributed by atoms with E-state index >= 15 is 0 Å². The van der Waals surface area contributed by atoms with E-state index in [2.05, 4.69) is 23.9 Å². The van der Waals surface area contributed by atoms with Gasteiger partial charge in [0.15, 0.2) is 0 Å². The fourth-order valence-corrected chi connectivity index (χ4v) is 3.56. The second-order valence-electron chi connectivity index (χ2n) is 6.71. The predicted octanol–water partition coefficient (Wildman–Crippen LogP) is 3.12. The van der Waals surface area contributed by atoms with Crippen LogP contribution in [0.1, 0.15) is 36.2 Å². The van der Waals surface area contributed by atoms with E-state index in [0.29, 0.717) is 18.0 Å². The Kier molecular flexibility index (Phi) is 7.50. The first kappa shape index (κ1) is 21.1. The number of hydrogen-bond acceptors (Lipinski definition) is 3. The minimum Gasteiger partial charge on any atom is -0.352 e. The molecule has 0 aliphatic heterocycles. The van der Waals surface area contributed by atoms with E-state index in [-0.39, 0.29) is 35.1 Å². The summed E-state index contributed by atoms with van der Waals surface area (Å²) in [6.45, 7) is 4.72. The van der Waals surface area contributed by atoms with Crippen LogP contribution >= 0.6 is 0 Å². The number of rotatable bonds is 9. The second kappa shape index (κ2) is 9.62. The molecule has 27 heavy (non-hydrogen) atoms. The van der Waals surface area contributed by atoms with Gasteiger partial charge in [-0.25, -0.2) is 17.5 Å². The second-order valence-corrected chi connectivity index (χ2v) is 8.47. The molecular formula is C20H25FN2O3S. The zero-order valence-corrected chi connectivity index (χ0v) is 16.4. The third-order valence-corrected chi connectivity index (χ3v) is 5.52. The first-order valence-corrected chi connectivity index (χ1v) is 10.4. The van der Waals surface area contributed by atoms with E-state index in [4.69, 9.17) is 0 Å². The van der Waals surface area contributed by atoms with Crippen molar-refractivity contribution in [3.8, 4) is 0 Å². The maximum absolute atomic E-state index is 13.6. The summed E-state index contributed by atoms with van der Waals surface area (Å²) in [5.41, 5.74) is 0.731. The molecule has 1 amide bonds.